The molecular weight excluding hydrogens is 273 g/mol. The number of phenols is 1. The van der Waals surface area contributed by atoms with Gasteiger partial charge in [-0.05, 0) is 36.2 Å². The van der Waals surface area contributed by atoms with E-state index in [1.165, 1.54) is 25.3 Å². The lowest BCUT2D eigenvalue weighted by Crippen LogP contribution is -2.12. The molecule has 21 heavy (non-hydrogen) atoms. The van der Waals surface area contributed by atoms with E-state index in [1.54, 1.807) is 24.3 Å². The van der Waals surface area contributed by atoms with E-state index < -0.39 is 0 Å². The molecule has 0 saturated heterocycles. The van der Waals surface area contributed by atoms with Crippen LogP contribution in [0, 0.1) is 5.82 Å². The van der Waals surface area contributed by atoms with Gasteiger partial charge >= 0.3 is 0 Å². The van der Waals surface area contributed by atoms with E-state index in [0.717, 1.165) is 5.56 Å². The molecule has 2 N–H and O–H groups in total. The Balaban J connectivity index is 1.89. The minimum atomic E-state index is -0.295. The molecule has 0 aromatic heterocycles. The lowest BCUT2D eigenvalue weighted by molar-refractivity contribution is -0.116. The van der Waals surface area contributed by atoms with Crippen LogP contribution in [0.4, 0.5) is 10.1 Å². The van der Waals surface area contributed by atoms with Gasteiger partial charge < -0.3 is 15.2 Å². The number of hydrogen-bond acceptors (Lipinski definition) is 3. The van der Waals surface area contributed by atoms with Crippen LogP contribution in [0.15, 0.2) is 42.5 Å². The molecule has 4 nitrogen and oxygen atoms in total. The molecule has 0 spiro atoms. The summed E-state index contributed by atoms with van der Waals surface area (Å²) in [6.45, 7) is 0. The van der Waals surface area contributed by atoms with E-state index in [9.17, 15) is 14.3 Å². The molecule has 0 aliphatic heterocycles. The van der Waals surface area contributed by atoms with Gasteiger partial charge in [-0.1, -0.05) is 12.1 Å². The minimum absolute atomic E-state index is 0.0335. The number of hydrogen-bond donors (Lipinski definition) is 2. The predicted octanol–water partition coefficient (Wildman–Crippen LogP) is 3.11. The Hall–Kier alpha value is -2.56. The number of phenolic OH excluding ortho intramolecular Hbond substituents is 1. The van der Waals surface area contributed by atoms with Crippen molar-refractivity contribution in [2.24, 2.45) is 0 Å². The third-order valence-corrected chi connectivity index (χ3v) is 3.02. The summed E-state index contributed by atoms with van der Waals surface area (Å²) >= 11 is 0. The average Bonchev–Trinajstić information content (AvgIpc) is 2.47. The number of halogens is 1. The third kappa shape index (κ3) is 4.21. The van der Waals surface area contributed by atoms with Crippen molar-refractivity contribution in [3.05, 3.63) is 53.8 Å². The number of rotatable bonds is 5. The summed E-state index contributed by atoms with van der Waals surface area (Å²) in [6, 6.07) is 10.7. The molecule has 0 heterocycles. The maximum absolute atomic E-state index is 12.8. The molecule has 0 aliphatic rings. The smallest absolute Gasteiger partial charge is 0.224 e. The number of aromatic hydroxyl groups is 1. The van der Waals surface area contributed by atoms with Gasteiger partial charge in [0.1, 0.15) is 5.82 Å². The summed E-state index contributed by atoms with van der Waals surface area (Å²) in [7, 11) is 1.45. The summed E-state index contributed by atoms with van der Waals surface area (Å²) in [4.78, 5) is 11.8. The summed E-state index contributed by atoms with van der Waals surface area (Å²) < 4.78 is 17.7. The standard InChI is InChI=1S/C16H16FNO3/c1-21-15-8-7-13(10-14(15)19)18-16(20)9-4-11-2-5-12(17)6-3-11/h2-3,5-8,10,19H,4,9H2,1H3,(H,18,20). The molecule has 5 heteroatoms. The van der Waals surface area contributed by atoms with Gasteiger partial charge in [-0.3, -0.25) is 4.79 Å². The first-order chi connectivity index (χ1) is 10.1. The van der Waals surface area contributed by atoms with E-state index in [0.29, 0.717) is 17.9 Å². The fourth-order valence-corrected chi connectivity index (χ4v) is 1.90. The lowest BCUT2D eigenvalue weighted by atomic mass is 10.1. The van der Waals surface area contributed by atoms with Crippen LogP contribution in [0.2, 0.25) is 0 Å². The highest BCUT2D eigenvalue weighted by molar-refractivity contribution is 5.91. The Kier molecular flexibility index (Phi) is 4.77. The van der Waals surface area contributed by atoms with Gasteiger partial charge in [-0.2, -0.15) is 0 Å². The Labute approximate surface area is 122 Å². The van der Waals surface area contributed by atoms with Gasteiger partial charge in [-0.25, -0.2) is 4.39 Å². The van der Waals surface area contributed by atoms with Gasteiger partial charge in [-0.15, -0.1) is 0 Å². The molecule has 110 valence electrons. The molecule has 0 aliphatic carbocycles. The monoisotopic (exact) mass is 289 g/mol. The summed E-state index contributed by atoms with van der Waals surface area (Å²) in [6.07, 6.45) is 0.798. The van der Waals surface area contributed by atoms with Crippen molar-refractivity contribution >= 4 is 11.6 Å². The van der Waals surface area contributed by atoms with E-state index in [-0.39, 0.29) is 23.9 Å². The van der Waals surface area contributed by atoms with Crippen molar-refractivity contribution in [1.82, 2.24) is 0 Å². The number of amides is 1. The van der Waals surface area contributed by atoms with Crippen molar-refractivity contribution in [1.29, 1.82) is 0 Å². The minimum Gasteiger partial charge on any atom is -0.504 e. The summed E-state index contributed by atoms with van der Waals surface area (Å²) in [5.74, 6) is -0.158. The second-order valence-corrected chi connectivity index (χ2v) is 4.56. The number of carbonyl (C=O) groups is 1. The Morgan fingerprint density at radius 1 is 1.24 bits per heavy atom. The Morgan fingerprint density at radius 2 is 1.95 bits per heavy atom. The fourth-order valence-electron chi connectivity index (χ4n) is 1.90. The quantitative estimate of drug-likeness (QED) is 0.889. The van der Waals surface area contributed by atoms with Crippen LogP contribution in [-0.2, 0) is 11.2 Å². The van der Waals surface area contributed by atoms with Gasteiger partial charge in [0.25, 0.3) is 0 Å². The third-order valence-electron chi connectivity index (χ3n) is 3.02. The Morgan fingerprint density at radius 3 is 2.57 bits per heavy atom. The van der Waals surface area contributed by atoms with Crippen LogP contribution in [-0.4, -0.2) is 18.1 Å². The second-order valence-electron chi connectivity index (χ2n) is 4.56. The van der Waals surface area contributed by atoms with Crippen molar-refractivity contribution in [3.63, 3.8) is 0 Å². The number of nitrogens with one attached hydrogen (secondary N) is 1. The molecule has 0 bridgehead atoms. The zero-order valence-electron chi connectivity index (χ0n) is 11.6. The average molecular weight is 289 g/mol. The van der Waals surface area contributed by atoms with Crippen LogP contribution in [0.25, 0.3) is 0 Å². The van der Waals surface area contributed by atoms with Gasteiger partial charge in [0.2, 0.25) is 5.91 Å². The topological polar surface area (TPSA) is 58.6 Å². The molecule has 2 aromatic carbocycles. The van der Waals surface area contributed by atoms with E-state index >= 15 is 0 Å². The van der Waals surface area contributed by atoms with Gasteiger partial charge in [0, 0.05) is 18.2 Å². The second kappa shape index (κ2) is 6.74. The van der Waals surface area contributed by atoms with E-state index in [2.05, 4.69) is 5.32 Å². The number of methoxy groups -OCH3 is 1. The predicted molar refractivity (Wildman–Crippen MR) is 78.0 cm³/mol. The first kappa shape index (κ1) is 14.8. The first-order valence-corrected chi connectivity index (χ1v) is 6.50. The van der Waals surface area contributed by atoms with E-state index in [1.807, 2.05) is 0 Å². The molecule has 2 aromatic rings. The molecule has 1 amide bonds. The highest BCUT2D eigenvalue weighted by atomic mass is 19.1. The highest BCUT2D eigenvalue weighted by Crippen LogP contribution is 2.28. The molecular formula is C16H16FNO3. The maximum Gasteiger partial charge on any atom is 0.224 e. The highest BCUT2D eigenvalue weighted by Gasteiger charge is 2.06. The van der Waals surface area contributed by atoms with Crippen LogP contribution < -0.4 is 10.1 Å². The zero-order valence-corrected chi connectivity index (χ0v) is 11.6. The number of carbonyl (C=O) groups excluding carboxylic acids is 1. The molecule has 0 fully saturated rings. The number of aryl methyl sites for hydroxylation is 1. The summed E-state index contributed by atoms with van der Waals surface area (Å²) in [5, 5.41) is 12.3. The molecule has 2 rings (SSSR count). The van der Waals surface area contributed by atoms with E-state index in [4.69, 9.17) is 4.74 Å². The molecule has 0 unspecified atom stereocenters. The fraction of sp³-hybridized carbons (Fsp3) is 0.188. The first-order valence-electron chi connectivity index (χ1n) is 6.50. The SMILES string of the molecule is COc1ccc(NC(=O)CCc2ccc(F)cc2)cc1O. The number of ether oxygens (including phenoxy) is 1. The van der Waals surface area contributed by atoms with Gasteiger partial charge in [0.15, 0.2) is 11.5 Å². The zero-order chi connectivity index (χ0) is 15.2. The van der Waals surface area contributed by atoms with Gasteiger partial charge in [0.05, 0.1) is 7.11 Å². The largest absolute Gasteiger partial charge is 0.504 e. The van der Waals surface area contributed by atoms with Crippen molar-refractivity contribution in [2.75, 3.05) is 12.4 Å². The Bertz CT molecular complexity index is 626. The number of anilines is 1. The van der Waals surface area contributed by atoms with Crippen molar-refractivity contribution < 1.29 is 19.0 Å². The van der Waals surface area contributed by atoms with Crippen molar-refractivity contribution in [3.8, 4) is 11.5 Å². The molecule has 0 radical (unpaired) electrons. The summed E-state index contributed by atoms with van der Waals surface area (Å²) in [5.41, 5.74) is 1.39. The van der Waals surface area contributed by atoms with Crippen LogP contribution in [0.3, 0.4) is 0 Å². The normalized spacial score (nSPS) is 10.2. The van der Waals surface area contributed by atoms with Crippen molar-refractivity contribution in [2.45, 2.75) is 12.8 Å². The lowest BCUT2D eigenvalue weighted by Gasteiger charge is -2.08. The maximum atomic E-state index is 12.8. The molecule has 0 saturated carbocycles. The van der Waals surface area contributed by atoms with Crippen LogP contribution >= 0.6 is 0 Å². The van der Waals surface area contributed by atoms with Crippen LogP contribution in [0.5, 0.6) is 11.5 Å². The van der Waals surface area contributed by atoms with Crippen LogP contribution in [0.1, 0.15) is 12.0 Å². The molecule has 0 atom stereocenters. The number of benzene rings is 2.